The van der Waals surface area contributed by atoms with Gasteiger partial charge >= 0.3 is 0 Å². The number of nitrogens with zero attached hydrogens (tertiary/aromatic N) is 2. The van der Waals surface area contributed by atoms with Gasteiger partial charge in [0.25, 0.3) is 5.78 Å². The lowest BCUT2D eigenvalue weighted by Gasteiger charge is -2.37. The highest BCUT2D eigenvalue weighted by Crippen LogP contribution is 2.23. The molecule has 2 aliphatic heterocycles. The molecule has 0 aromatic carbocycles. The van der Waals surface area contributed by atoms with Crippen LogP contribution in [0, 0.1) is 0 Å². The maximum absolute atomic E-state index is 12.3. The van der Waals surface area contributed by atoms with Gasteiger partial charge in [-0.15, -0.1) is 0 Å². The molecule has 1 aliphatic carbocycles. The SMILES string of the molecule is O=C1C=CC(N2CCOCC2)=C(N2CCOCC2)C1=O. The molecule has 0 aromatic heterocycles. The Morgan fingerprint density at radius 1 is 0.800 bits per heavy atom. The molecule has 2 fully saturated rings. The van der Waals surface area contributed by atoms with Gasteiger partial charge in [0.05, 0.1) is 32.1 Å². The van der Waals surface area contributed by atoms with Gasteiger partial charge in [0, 0.05) is 26.2 Å². The van der Waals surface area contributed by atoms with E-state index in [1.54, 1.807) is 6.08 Å². The van der Waals surface area contributed by atoms with Crippen LogP contribution in [-0.4, -0.2) is 74.0 Å². The molecular formula is C14H18N2O4. The first-order valence-electron chi connectivity index (χ1n) is 6.94. The summed E-state index contributed by atoms with van der Waals surface area (Å²) in [5.41, 5.74) is 1.38. The highest BCUT2D eigenvalue weighted by molar-refractivity contribution is 6.48. The van der Waals surface area contributed by atoms with Crippen LogP contribution in [0.5, 0.6) is 0 Å². The van der Waals surface area contributed by atoms with E-state index in [4.69, 9.17) is 9.47 Å². The fraction of sp³-hybridized carbons (Fsp3) is 0.571. The zero-order valence-corrected chi connectivity index (χ0v) is 11.3. The molecule has 20 heavy (non-hydrogen) atoms. The Bertz CT molecular complexity index is 472. The molecule has 0 atom stereocenters. The molecule has 6 heteroatoms. The molecule has 0 aromatic rings. The van der Waals surface area contributed by atoms with Gasteiger partial charge in [0.1, 0.15) is 5.70 Å². The van der Waals surface area contributed by atoms with Gasteiger partial charge in [0.2, 0.25) is 5.78 Å². The average Bonchev–Trinajstić information content (AvgIpc) is 2.51. The number of Topliss-reactive ketones (excluding diaryl/α,β-unsaturated/α-hetero) is 1. The predicted molar refractivity (Wildman–Crippen MR) is 71.0 cm³/mol. The Balaban J connectivity index is 1.94. The molecule has 0 amide bonds. The number of ether oxygens (including phenoxy) is 2. The van der Waals surface area contributed by atoms with Crippen LogP contribution in [0.4, 0.5) is 0 Å². The van der Waals surface area contributed by atoms with E-state index in [2.05, 4.69) is 4.90 Å². The van der Waals surface area contributed by atoms with E-state index in [9.17, 15) is 9.59 Å². The molecule has 3 aliphatic rings. The van der Waals surface area contributed by atoms with E-state index < -0.39 is 11.6 Å². The minimum absolute atomic E-state index is 0.407. The zero-order chi connectivity index (χ0) is 13.9. The normalized spacial score (nSPS) is 24.6. The van der Waals surface area contributed by atoms with Crippen molar-refractivity contribution in [2.75, 3.05) is 52.6 Å². The maximum Gasteiger partial charge on any atom is 0.251 e. The third-order valence-electron chi connectivity index (χ3n) is 3.75. The molecule has 0 saturated carbocycles. The second-order valence-electron chi connectivity index (χ2n) is 4.96. The summed E-state index contributed by atoms with van der Waals surface area (Å²) in [4.78, 5) is 28.1. The average molecular weight is 278 g/mol. The van der Waals surface area contributed by atoms with Gasteiger partial charge in [-0.1, -0.05) is 0 Å². The monoisotopic (exact) mass is 278 g/mol. The Labute approximate surface area is 117 Å². The number of ketones is 2. The van der Waals surface area contributed by atoms with Crippen molar-refractivity contribution >= 4 is 11.6 Å². The van der Waals surface area contributed by atoms with Crippen LogP contribution in [0.3, 0.4) is 0 Å². The molecule has 2 heterocycles. The number of carbonyl (C=O) groups is 2. The van der Waals surface area contributed by atoms with E-state index in [1.807, 2.05) is 4.90 Å². The number of rotatable bonds is 2. The summed E-state index contributed by atoms with van der Waals surface area (Å²) in [6, 6.07) is 0. The Hall–Kier alpha value is -1.66. The van der Waals surface area contributed by atoms with Crippen LogP contribution in [0.15, 0.2) is 23.5 Å². The van der Waals surface area contributed by atoms with Gasteiger partial charge in [-0.3, -0.25) is 9.59 Å². The highest BCUT2D eigenvalue weighted by Gasteiger charge is 2.32. The summed E-state index contributed by atoms with van der Waals surface area (Å²) in [5.74, 6) is -0.848. The van der Waals surface area contributed by atoms with Crippen molar-refractivity contribution in [1.29, 1.82) is 0 Å². The first-order chi connectivity index (χ1) is 9.77. The summed E-state index contributed by atoms with van der Waals surface area (Å²) < 4.78 is 10.7. The Kier molecular flexibility index (Phi) is 3.84. The minimum atomic E-state index is -0.441. The smallest absolute Gasteiger partial charge is 0.251 e. The lowest BCUT2D eigenvalue weighted by Crippen LogP contribution is -2.44. The number of carbonyl (C=O) groups excluding carboxylic acids is 2. The topological polar surface area (TPSA) is 59.1 Å². The molecule has 6 nitrogen and oxygen atoms in total. The standard InChI is InChI=1S/C14H18N2O4/c17-12-2-1-11(15-3-7-19-8-4-15)13(14(12)18)16-5-9-20-10-6-16/h1-2H,3-10H2. The Morgan fingerprint density at radius 2 is 1.35 bits per heavy atom. The van der Waals surface area contributed by atoms with Crippen molar-refractivity contribution in [2.24, 2.45) is 0 Å². The third kappa shape index (κ3) is 2.48. The van der Waals surface area contributed by atoms with Crippen LogP contribution >= 0.6 is 0 Å². The van der Waals surface area contributed by atoms with Crippen LogP contribution in [0.1, 0.15) is 0 Å². The van der Waals surface area contributed by atoms with Gasteiger partial charge in [0.15, 0.2) is 0 Å². The zero-order valence-electron chi connectivity index (χ0n) is 11.3. The molecular weight excluding hydrogens is 260 g/mol. The molecule has 0 radical (unpaired) electrons. The summed E-state index contributed by atoms with van der Waals surface area (Å²) >= 11 is 0. The lowest BCUT2D eigenvalue weighted by atomic mass is 10.0. The van der Waals surface area contributed by atoms with Crippen LogP contribution in [0.25, 0.3) is 0 Å². The van der Waals surface area contributed by atoms with Crippen LogP contribution < -0.4 is 0 Å². The Morgan fingerprint density at radius 3 is 1.95 bits per heavy atom. The van der Waals surface area contributed by atoms with Crippen molar-refractivity contribution in [3.63, 3.8) is 0 Å². The summed E-state index contributed by atoms with van der Waals surface area (Å²) in [5, 5.41) is 0. The second kappa shape index (κ2) is 5.76. The van der Waals surface area contributed by atoms with Crippen molar-refractivity contribution < 1.29 is 19.1 Å². The quantitative estimate of drug-likeness (QED) is 0.505. The van der Waals surface area contributed by atoms with Crippen molar-refractivity contribution in [1.82, 2.24) is 9.80 Å². The van der Waals surface area contributed by atoms with Gasteiger partial charge < -0.3 is 19.3 Å². The van der Waals surface area contributed by atoms with Gasteiger partial charge in [-0.2, -0.15) is 0 Å². The maximum atomic E-state index is 12.3. The molecule has 0 bridgehead atoms. The molecule has 2 saturated heterocycles. The summed E-state index contributed by atoms with van der Waals surface area (Å²) in [6.45, 7) is 5.26. The van der Waals surface area contributed by atoms with E-state index in [1.165, 1.54) is 6.08 Å². The van der Waals surface area contributed by atoms with E-state index in [0.29, 0.717) is 45.2 Å². The fourth-order valence-corrected chi connectivity index (χ4v) is 2.69. The molecule has 0 unspecified atom stereocenters. The number of hydrogen-bond acceptors (Lipinski definition) is 6. The first-order valence-corrected chi connectivity index (χ1v) is 6.94. The summed E-state index contributed by atoms with van der Waals surface area (Å²) in [7, 11) is 0. The fourth-order valence-electron chi connectivity index (χ4n) is 2.69. The van der Waals surface area contributed by atoms with E-state index >= 15 is 0 Å². The van der Waals surface area contributed by atoms with E-state index in [0.717, 1.165) is 18.8 Å². The third-order valence-corrected chi connectivity index (χ3v) is 3.75. The van der Waals surface area contributed by atoms with Gasteiger partial charge in [-0.25, -0.2) is 0 Å². The molecule has 3 rings (SSSR count). The molecule has 0 N–H and O–H groups in total. The van der Waals surface area contributed by atoms with Crippen LogP contribution in [-0.2, 0) is 19.1 Å². The van der Waals surface area contributed by atoms with Crippen molar-refractivity contribution in [2.45, 2.75) is 0 Å². The van der Waals surface area contributed by atoms with Crippen molar-refractivity contribution in [3.8, 4) is 0 Å². The van der Waals surface area contributed by atoms with Crippen LogP contribution in [0.2, 0.25) is 0 Å². The second-order valence-corrected chi connectivity index (χ2v) is 4.96. The largest absolute Gasteiger partial charge is 0.378 e. The van der Waals surface area contributed by atoms with Gasteiger partial charge in [-0.05, 0) is 12.2 Å². The molecule has 108 valence electrons. The molecule has 0 spiro atoms. The van der Waals surface area contributed by atoms with Crippen molar-refractivity contribution in [3.05, 3.63) is 23.5 Å². The highest BCUT2D eigenvalue weighted by atomic mass is 16.5. The summed E-state index contributed by atoms with van der Waals surface area (Å²) in [6.07, 6.45) is 3.14. The number of allylic oxidation sites excluding steroid dienone is 3. The predicted octanol–water partition coefficient (Wildman–Crippen LogP) is -0.430. The number of hydrogen-bond donors (Lipinski definition) is 0. The minimum Gasteiger partial charge on any atom is -0.378 e. The lowest BCUT2D eigenvalue weighted by molar-refractivity contribution is -0.133. The number of morpholine rings is 2. The van der Waals surface area contributed by atoms with E-state index in [-0.39, 0.29) is 0 Å². The first kappa shape index (κ1) is 13.3.